The fraction of sp³-hybridized carbons (Fsp3) is 0.0909. The molecule has 2 aromatic rings. The van der Waals surface area contributed by atoms with Gasteiger partial charge in [0.25, 0.3) is 5.56 Å². The van der Waals surface area contributed by atoms with E-state index in [-0.39, 0.29) is 11.4 Å². The standard InChI is InChI=1S/C11H12N4OS/c1-6-7(12)3-2-4-8(6)17-11-14-9(13)5-10(16)15-11/h2-5H,12H2,1H3,(H3,13,14,15,16). The third-order valence-electron chi connectivity index (χ3n) is 2.27. The van der Waals surface area contributed by atoms with Crippen LogP contribution in [0.1, 0.15) is 5.56 Å². The molecule has 5 N–H and O–H groups in total. The maximum Gasteiger partial charge on any atom is 0.253 e. The highest BCUT2D eigenvalue weighted by atomic mass is 32.2. The van der Waals surface area contributed by atoms with Gasteiger partial charge < -0.3 is 16.5 Å². The topological polar surface area (TPSA) is 97.8 Å². The fourth-order valence-electron chi connectivity index (χ4n) is 1.35. The molecule has 0 aliphatic heterocycles. The number of nitrogens with zero attached hydrogens (tertiary/aromatic N) is 1. The van der Waals surface area contributed by atoms with E-state index in [0.717, 1.165) is 10.5 Å². The molecule has 0 unspecified atom stereocenters. The number of anilines is 2. The predicted octanol–water partition coefficient (Wildman–Crippen LogP) is 1.39. The number of nitrogen functional groups attached to an aromatic ring is 2. The summed E-state index contributed by atoms with van der Waals surface area (Å²) in [5, 5.41) is 0.462. The molecule has 88 valence electrons. The van der Waals surface area contributed by atoms with E-state index in [2.05, 4.69) is 9.97 Å². The zero-order valence-electron chi connectivity index (χ0n) is 9.23. The molecular weight excluding hydrogens is 236 g/mol. The Morgan fingerprint density at radius 1 is 1.35 bits per heavy atom. The number of aromatic amines is 1. The van der Waals surface area contributed by atoms with Crippen molar-refractivity contribution in [1.29, 1.82) is 0 Å². The second-order valence-electron chi connectivity index (χ2n) is 3.55. The molecule has 17 heavy (non-hydrogen) atoms. The molecule has 6 heteroatoms. The van der Waals surface area contributed by atoms with Gasteiger partial charge >= 0.3 is 0 Å². The van der Waals surface area contributed by atoms with Crippen LogP contribution in [0, 0.1) is 6.92 Å². The molecule has 0 fully saturated rings. The van der Waals surface area contributed by atoms with Crippen LogP contribution < -0.4 is 17.0 Å². The summed E-state index contributed by atoms with van der Waals surface area (Å²) in [6.45, 7) is 1.92. The van der Waals surface area contributed by atoms with Crippen LogP contribution in [-0.4, -0.2) is 9.97 Å². The molecule has 0 aliphatic carbocycles. The van der Waals surface area contributed by atoms with E-state index < -0.39 is 0 Å². The summed E-state index contributed by atoms with van der Waals surface area (Å²) in [7, 11) is 0. The van der Waals surface area contributed by atoms with Gasteiger partial charge in [-0.25, -0.2) is 4.98 Å². The molecular formula is C11H12N4OS. The molecule has 0 aliphatic rings. The minimum atomic E-state index is -0.262. The summed E-state index contributed by atoms with van der Waals surface area (Å²) in [6.07, 6.45) is 0. The highest BCUT2D eigenvalue weighted by Gasteiger charge is 2.06. The van der Waals surface area contributed by atoms with E-state index in [1.165, 1.54) is 17.8 Å². The number of aromatic nitrogens is 2. The van der Waals surface area contributed by atoms with Crippen LogP contribution in [0.2, 0.25) is 0 Å². The lowest BCUT2D eigenvalue weighted by molar-refractivity contribution is 0.944. The summed E-state index contributed by atoms with van der Waals surface area (Å²) in [4.78, 5) is 18.8. The lowest BCUT2D eigenvalue weighted by atomic mass is 10.2. The van der Waals surface area contributed by atoms with E-state index in [1.54, 1.807) is 0 Å². The van der Waals surface area contributed by atoms with Crippen LogP contribution in [-0.2, 0) is 0 Å². The van der Waals surface area contributed by atoms with Crippen LogP contribution in [0.3, 0.4) is 0 Å². The third kappa shape index (κ3) is 2.59. The number of hydrogen-bond acceptors (Lipinski definition) is 5. The van der Waals surface area contributed by atoms with Gasteiger partial charge in [-0.05, 0) is 24.6 Å². The molecule has 1 aromatic carbocycles. The molecule has 0 atom stereocenters. The number of hydrogen-bond donors (Lipinski definition) is 3. The van der Waals surface area contributed by atoms with Crippen LogP contribution in [0.5, 0.6) is 0 Å². The summed E-state index contributed by atoms with van der Waals surface area (Å²) < 4.78 is 0. The van der Waals surface area contributed by atoms with Gasteiger partial charge in [-0.2, -0.15) is 0 Å². The number of benzene rings is 1. The van der Waals surface area contributed by atoms with Gasteiger partial charge in [-0.1, -0.05) is 17.8 Å². The molecule has 0 radical (unpaired) electrons. The second-order valence-corrected chi connectivity index (χ2v) is 4.58. The largest absolute Gasteiger partial charge is 0.398 e. The highest BCUT2D eigenvalue weighted by Crippen LogP contribution is 2.29. The molecule has 0 bridgehead atoms. The lowest BCUT2D eigenvalue weighted by Crippen LogP contribution is -2.09. The molecule has 1 aromatic heterocycles. The number of nitrogens with one attached hydrogen (secondary N) is 1. The van der Waals surface area contributed by atoms with Crippen LogP contribution in [0.4, 0.5) is 11.5 Å². The SMILES string of the molecule is Cc1c(N)cccc1Sc1nc(N)cc(=O)[nH]1. The first-order valence-corrected chi connectivity index (χ1v) is 5.77. The molecule has 5 nitrogen and oxygen atoms in total. The fourth-order valence-corrected chi connectivity index (χ4v) is 2.28. The number of rotatable bonds is 2. The summed E-state index contributed by atoms with van der Waals surface area (Å²) in [6, 6.07) is 6.85. The van der Waals surface area contributed by atoms with Gasteiger partial charge in [-0.15, -0.1) is 0 Å². The van der Waals surface area contributed by atoms with Crippen molar-refractivity contribution in [3.8, 4) is 0 Å². The zero-order chi connectivity index (χ0) is 12.4. The first-order valence-electron chi connectivity index (χ1n) is 4.96. The predicted molar refractivity (Wildman–Crippen MR) is 69.0 cm³/mol. The van der Waals surface area contributed by atoms with Gasteiger partial charge in [0.05, 0.1) is 0 Å². The molecule has 1 heterocycles. The van der Waals surface area contributed by atoms with Crippen molar-refractivity contribution < 1.29 is 0 Å². The minimum absolute atomic E-state index is 0.206. The maximum atomic E-state index is 11.2. The Kier molecular flexibility index (Phi) is 3.06. The van der Waals surface area contributed by atoms with E-state index in [1.807, 2.05) is 25.1 Å². The van der Waals surface area contributed by atoms with Gasteiger partial charge in [0.1, 0.15) is 5.82 Å². The minimum Gasteiger partial charge on any atom is -0.398 e. The van der Waals surface area contributed by atoms with E-state index in [9.17, 15) is 4.79 Å². The van der Waals surface area contributed by atoms with Crippen molar-refractivity contribution in [2.75, 3.05) is 11.5 Å². The quantitative estimate of drug-likeness (QED) is 0.551. The van der Waals surface area contributed by atoms with Crippen molar-refractivity contribution in [3.05, 3.63) is 40.2 Å². The molecule has 0 spiro atoms. The van der Waals surface area contributed by atoms with Crippen molar-refractivity contribution >= 4 is 23.3 Å². The Bertz CT molecular complexity index is 609. The van der Waals surface area contributed by atoms with Crippen molar-refractivity contribution in [3.63, 3.8) is 0 Å². The summed E-state index contributed by atoms with van der Waals surface area (Å²) >= 11 is 1.33. The third-order valence-corrected chi connectivity index (χ3v) is 3.32. The van der Waals surface area contributed by atoms with Crippen LogP contribution in [0.15, 0.2) is 39.1 Å². The summed E-state index contributed by atoms with van der Waals surface area (Å²) in [5.74, 6) is 0.206. The molecule has 0 amide bonds. The number of H-pyrrole nitrogens is 1. The molecule has 2 rings (SSSR count). The Morgan fingerprint density at radius 3 is 2.82 bits per heavy atom. The first-order chi connectivity index (χ1) is 8.06. The lowest BCUT2D eigenvalue weighted by Gasteiger charge is -2.07. The highest BCUT2D eigenvalue weighted by molar-refractivity contribution is 7.99. The monoisotopic (exact) mass is 248 g/mol. The van der Waals surface area contributed by atoms with Gasteiger partial charge in [0.15, 0.2) is 5.16 Å². The van der Waals surface area contributed by atoms with Gasteiger partial charge in [0.2, 0.25) is 0 Å². The number of nitrogens with two attached hydrogens (primary N) is 2. The maximum absolute atomic E-state index is 11.2. The Hall–Kier alpha value is -1.95. The van der Waals surface area contributed by atoms with Crippen molar-refractivity contribution in [1.82, 2.24) is 9.97 Å². The molecule has 0 saturated carbocycles. The van der Waals surface area contributed by atoms with Crippen molar-refractivity contribution in [2.45, 2.75) is 17.0 Å². The van der Waals surface area contributed by atoms with Crippen molar-refractivity contribution in [2.24, 2.45) is 0 Å². The zero-order valence-corrected chi connectivity index (χ0v) is 10.0. The van der Waals surface area contributed by atoms with Crippen LogP contribution in [0.25, 0.3) is 0 Å². The average molecular weight is 248 g/mol. The van der Waals surface area contributed by atoms with E-state index in [0.29, 0.717) is 10.8 Å². The summed E-state index contributed by atoms with van der Waals surface area (Å²) in [5.41, 5.74) is 12.7. The van der Waals surface area contributed by atoms with E-state index >= 15 is 0 Å². The second kappa shape index (κ2) is 4.50. The normalized spacial score (nSPS) is 10.4. The van der Waals surface area contributed by atoms with Crippen LogP contribution >= 0.6 is 11.8 Å². The Labute approximate surface area is 102 Å². The first kappa shape index (κ1) is 11.5. The average Bonchev–Trinajstić information content (AvgIpc) is 2.23. The van der Waals surface area contributed by atoms with Gasteiger partial charge in [-0.3, -0.25) is 4.79 Å². The van der Waals surface area contributed by atoms with Gasteiger partial charge in [0, 0.05) is 16.6 Å². The Balaban J connectivity index is 2.38. The Morgan fingerprint density at radius 2 is 2.12 bits per heavy atom. The van der Waals surface area contributed by atoms with E-state index in [4.69, 9.17) is 11.5 Å². The molecule has 0 saturated heterocycles. The smallest absolute Gasteiger partial charge is 0.253 e.